The Balaban J connectivity index is 1.52. The van der Waals surface area contributed by atoms with Gasteiger partial charge in [-0.1, -0.05) is 60.7 Å². The quantitative estimate of drug-likeness (QED) is 0.706. The topological polar surface area (TPSA) is 21.7 Å². The first-order valence-electron chi connectivity index (χ1n) is 10.0. The van der Waals surface area contributed by atoms with E-state index >= 15 is 0 Å². The molecule has 1 aliphatic carbocycles. The third-order valence-electron chi connectivity index (χ3n) is 5.78. The summed E-state index contributed by atoms with van der Waals surface area (Å²) in [5, 5.41) is 0. The molecule has 1 atom stereocenters. The first-order valence-corrected chi connectivity index (χ1v) is 10.0. The molecule has 1 heterocycles. The number of ether oxygens (including phenoxy) is 2. The molecule has 0 unspecified atom stereocenters. The van der Waals surface area contributed by atoms with Gasteiger partial charge in [-0.25, -0.2) is 8.78 Å². The van der Waals surface area contributed by atoms with E-state index in [1.54, 1.807) is 0 Å². The Morgan fingerprint density at radius 1 is 0.821 bits per heavy atom. The average Bonchev–Trinajstić information content (AvgIpc) is 3.15. The Labute approximate surface area is 165 Å². The minimum absolute atomic E-state index is 0.178. The highest BCUT2D eigenvalue weighted by atomic mass is 19.3. The molecule has 0 aromatic heterocycles. The van der Waals surface area contributed by atoms with E-state index in [4.69, 9.17) is 9.47 Å². The number of nitrogens with zero attached hydrogens (tertiary/aromatic N) is 1. The minimum atomic E-state index is -2.70. The SMILES string of the molecule is FC1(F)CCC2(C[C@@H]1CN(Cc1ccccc1)Cc1ccccc1)OCCO2. The molecule has 1 aliphatic heterocycles. The highest BCUT2D eigenvalue weighted by Crippen LogP contribution is 2.47. The van der Waals surface area contributed by atoms with Crippen LogP contribution in [0, 0.1) is 5.92 Å². The number of benzene rings is 2. The van der Waals surface area contributed by atoms with Crippen molar-refractivity contribution >= 4 is 0 Å². The smallest absolute Gasteiger partial charge is 0.252 e. The molecule has 28 heavy (non-hydrogen) atoms. The van der Waals surface area contributed by atoms with E-state index < -0.39 is 17.6 Å². The molecule has 4 rings (SSSR count). The second kappa shape index (κ2) is 8.27. The molecule has 2 aromatic rings. The number of hydrogen-bond acceptors (Lipinski definition) is 3. The number of alkyl halides is 2. The molecule has 1 spiro atoms. The van der Waals surface area contributed by atoms with Gasteiger partial charge in [0.2, 0.25) is 0 Å². The molecular formula is C23H27F2NO2. The molecule has 1 saturated heterocycles. The van der Waals surface area contributed by atoms with Crippen LogP contribution in [0.4, 0.5) is 8.78 Å². The van der Waals surface area contributed by atoms with Crippen molar-refractivity contribution in [1.82, 2.24) is 4.90 Å². The molecule has 2 aliphatic rings. The van der Waals surface area contributed by atoms with Crippen molar-refractivity contribution in [1.29, 1.82) is 0 Å². The lowest BCUT2D eigenvalue weighted by molar-refractivity contribution is -0.235. The van der Waals surface area contributed by atoms with Crippen molar-refractivity contribution in [3.63, 3.8) is 0 Å². The molecule has 0 radical (unpaired) electrons. The molecule has 0 N–H and O–H groups in total. The highest BCUT2D eigenvalue weighted by Gasteiger charge is 2.53. The van der Waals surface area contributed by atoms with E-state index in [0.29, 0.717) is 32.8 Å². The molecule has 2 fully saturated rings. The van der Waals surface area contributed by atoms with Crippen molar-refractivity contribution in [3.8, 4) is 0 Å². The summed E-state index contributed by atoms with van der Waals surface area (Å²) in [6, 6.07) is 20.1. The van der Waals surface area contributed by atoms with Crippen molar-refractivity contribution in [2.75, 3.05) is 19.8 Å². The maximum atomic E-state index is 14.8. The van der Waals surface area contributed by atoms with Crippen LogP contribution in [0.15, 0.2) is 60.7 Å². The van der Waals surface area contributed by atoms with Gasteiger partial charge in [0.25, 0.3) is 5.92 Å². The van der Waals surface area contributed by atoms with Crippen LogP contribution in [0.3, 0.4) is 0 Å². The van der Waals surface area contributed by atoms with Crippen LogP contribution < -0.4 is 0 Å². The van der Waals surface area contributed by atoms with Crippen molar-refractivity contribution in [3.05, 3.63) is 71.8 Å². The number of halogens is 2. The largest absolute Gasteiger partial charge is 0.348 e. The van der Waals surface area contributed by atoms with Crippen LogP contribution >= 0.6 is 0 Å². The second-order valence-corrected chi connectivity index (χ2v) is 7.91. The lowest BCUT2D eigenvalue weighted by Gasteiger charge is -2.42. The van der Waals surface area contributed by atoms with Crippen molar-refractivity contribution in [2.45, 2.75) is 44.1 Å². The Hall–Kier alpha value is -1.82. The Bertz CT molecular complexity index is 706. The van der Waals surface area contributed by atoms with Crippen LogP contribution in [0.1, 0.15) is 30.4 Å². The Kier molecular flexibility index (Phi) is 5.76. The normalized spacial score (nSPS) is 23.3. The van der Waals surface area contributed by atoms with Gasteiger partial charge in [-0.2, -0.15) is 0 Å². The number of hydrogen-bond donors (Lipinski definition) is 0. The van der Waals surface area contributed by atoms with Crippen molar-refractivity contribution in [2.24, 2.45) is 5.92 Å². The monoisotopic (exact) mass is 387 g/mol. The first kappa shape index (κ1) is 19.5. The fourth-order valence-corrected chi connectivity index (χ4v) is 4.33. The van der Waals surface area contributed by atoms with Gasteiger partial charge < -0.3 is 9.47 Å². The van der Waals surface area contributed by atoms with Gasteiger partial charge >= 0.3 is 0 Å². The van der Waals surface area contributed by atoms with Gasteiger partial charge in [0.05, 0.1) is 13.2 Å². The third-order valence-corrected chi connectivity index (χ3v) is 5.78. The fourth-order valence-electron chi connectivity index (χ4n) is 4.33. The Morgan fingerprint density at radius 3 is 1.89 bits per heavy atom. The summed E-state index contributed by atoms with van der Waals surface area (Å²) in [5.74, 6) is -4.30. The van der Waals surface area contributed by atoms with Gasteiger partial charge in [-0.05, 0) is 11.1 Å². The summed E-state index contributed by atoms with van der Waals surface area (Å²) in [6.45, 7) is 2.57. The van der Waals surface area contributed by atoms with E-state index in [9.17, 15) is 8.78 Å². The van der Waals surface area contributed by atoms with Crippen LogP contribution in [-0.2, 0) is 22.6 Å². The van der Waals surface area contributed by atoms with E-state index in [0.717, 1.165) is 11.1 Å². The zero-order valence-corrected chi connectivity index (χ0v) is 16.0. The summed E-state index contributed by atoms with van der Waals surface area (Å²) in [4.78, 5) is 2.12. The maximum absolute atomic E-state index is 14.8. The molecule has 0 amide bonds. The molecular weight excluding hydrogens is 360 g/mol. The van der Waals surface area contributed by atoms with Gasteiger partial charge in [-0.15, -0.1) is 0 Å². The lowest BCUT2D eigenvalue weighted by Crippen LogP contribution is -2.49. The van der Waals surface area contributed by atoms with Crippen LogP contribution in [0.2, 0.25) is 0 Å². The van der Waals surface area contributed by atoms with E-state index in [1.807, 2.05) is 60.7 Å². The predicted octanol–water partition coefficient (Wildman–Crippen LogP) is 4.87. The zero-order chi connectivity index (χ0) is 19.5. The van der Waals surface area contributed by atoms with Gasteiger partial charge in [0, 0.05) is 44.8 Å². The summed E-state index contributed by atoms with van der Waals surface area (Å²) >= 11 is 0. The van der Waals surface area contributed by atoms with E-state index in [-0.39, 0.29) is 19.3 Å². The molecule has 2 aromatic carbocycles. The Morgan fingerprint density at radius 2 is 1.36 bits per heavy atom. The first-order chi connectivity index (χ1) is 13.5. The van der Waals surface area contributed by atoms with Crippen molar-refractivity contribution < 1.29 is 18.3 Å². The summed E-state index contributed by atoms with van der Waals surface area (Å²) in [7, 11) is 0. The molecule has 3 nitrogen and oxygen atoms in total. The van der Waals surface area contributed by atoms with Crippen LogP contribution in [0.25, 0.3) is 0 Å². The molecule has 0 bridgehead atoms. The third kappa shape index (κ3) is 4.59. The average molecular weight is 387 g/mol. The van der Waals surface area contributed by atoms with E-state index in [2.05, 4.69) is 4.90 Å². The van der Waals surface area contributed by atoms with Gasteiger partial charge in [0.15, 0.2) is 5.79 Å². The fraction of sp³-hybridized carbons (Fsp3) is 0.478. The zero-order valence-electron chi connectivity index (χ0n) is 16.0. The molecule has 1 saturated carbocycles. The number of rotatable bonds is 6. The second-order valence-electron chi connectivity index (χ2n) is 7.91. The standard InChI is InChI=1S/C23H27F2NO2/c24-23(25)12-11-22(27-13-14-28-22)15-21(23)18-26(16-19-7-3-1-4-8-19)17-20-9-5-2-6-10-20/h1-10,21H,11-18H2/t21-/m1/s1. The van der Waals surface area contributed by atoms with E-state index in [1.165, 1.54) is 0 Å². The summed E-state index contributed by atoms with van der Waals surface area (Å²) in [6.07, 6.45) is 0.343. The maximum Gasteiger partial charge on any atom is 0.252 e. The van der Waals surface area contributed by atoms with Gasteiger partial charge in [-0.3, -0.25) is 4.90 Å². The van der Waals surface area contributed by atoms with Crippen LogP contribution in [0.5, 0.6) is 0 Å². The predicted molar refractivity (Wildman–Crippen MR) is 104 cm³/mol. The van der Waals surface area contributed by atoms with Crippen LogP contribution in [-0.4, -0.2) is 36.4 Å². The molecule has 150 valence electrons. The lowest BCUT2D eigenvalue weighted by atomic mass is 9.81. The van der Waals surface area contributed by atoms with Gasteiger partial charge in [0.1, 0.15) is 0 Å². The highest BCUT2D eigenvalue weighted by molar-refractivity contribution is 5.17. The molecule has 5 heteroatoms. The summed E-state index contributed by atoms with van der Waals surface area (Å²) in [5.41, 5.74) is 2.25. The summed E-state index contributed by atoms with van der Waals surface area (Å²) < 4.78 is 41.1. The minimum Gasteiger partial charge on any atom is -0.348 e.